The highest BCUT2D eigenvalue weighted by Gasteiger charge is 2.26. The fourth-order valence-corrected chi connectivity index (χ4v) is 5.36. The van der Waals surface area contributed by atoms with Gasteiger partial charge in [0.25, 0.3) is 11.8 Å². The molecule has 0 atom stereocenters. The Hall–Kier alpha value is -2.64. The Morgan fingerprint density at radius 3 is 2.55 bits per heavy atom. The van der Waals surface area contributed by atoms with Gasteiger partial charge in [0.05, 0.1) is 17.0 Å². The standard InChI is InChI=1S/C22H22N2O3S2/c1-2-27-15-11-9-14(10-12-15)23-21(26)19-16-6-3-4-7-17(16)29-22(19)24-20(25)18-8-5-13-28-18/h5,8-13H,2-4,6-7H2,1H3,(H,23,26)(H,24,25). The lowest BCUT2D eigenvalue weighted by Gasteiger charge is -2.13. The average molecular weight is 427 g/mol. The monoisotopic (exact) mass is 426 g/mol. The Morgan fingerprint density at radius 2 is 1.83 bits per heavy atom. The molecule has 0 bridgehead atoms. The highest BCUT2D eigenvalue weighted by molar-refractivity contribution is 7.17. The Bertz CT molecular complexity index is 1010. The smallest absolute Gasteiger partial charge is 0.266 e. The molecular weight excluding hydrogens is 404 g/mol. The van der Waals surface area contributed by atoms with E-state index in [1.54, 1.807) is 6.07 Å². The molecule has 0 aliphatic heterocycles. The van der Waals surface area contributed by atoms with Crippen molar-refractivity contribution >= 4 is 45.2 Å². The van der Waals surface area contributed by atoms with Gasteiger partial charge in [-0.2, -0.15) is 0 Å². The molecule has 2 heterocycles. The van der Waals surface area contributed by atoms with Crippen LogP contribution in [0.3, 0.4) is 0 Å². The second-order valence-corrected chi connectivity index (χ2v) is 8.81. The topological polar surface area (TPSA) is 67.4 Å². The number of hydrogen-bond acceptors (Lipinski definition) is 5. The minimum absolute atomic E-state index is 0.172. The second-order valence-electron chi connectivity index (χ2n) is 6.76. The molecule has 2 N–H and O–H groups in total. The summed E-state index contributed by atoms with van der Waals surface area (Å²) in [5.41, 5.74) is 2.37. The summed E-state index contributed by atoms with van der Waals surface area (Å²) in [5, 5.41) is 8.45. The van der Waals surface area contributed by atoms with Crippen molar-refractivity contribution in [2.24, 2.45) is 0 Å². The molecule has 0 fully saturated rings. The molecule has 7 heteroatoms. The molecule has 1 aromatic carbocycles. The van der Waals surface area contributed by atoms with Crippen LogP contribution in [0.1, 0.15) is 50.2 Å². The number of amides is 2. The Labute approximate surface area is 177 Å². The summed E-state index contributed by atoms with van der Waals surface area (Å²) in [6.45, 7) is 2.53. The zero-order valence-electron chi connectivity index (χ0n) is 16.1. The zero-order chi connectivity index (χ0) is 20.2. The lowest BCUT2D eigenvalue weighted by Crippen LogP contribution is -2.18. The number of fused-ring (bicyclic) bond motifs is 1. The average Bonchev–Trinajstić information content (AvgIpc) is 3.37. The molecule has 0 unspecified atom stereocenters. The summed E-state index contributed by atoms with van der Waals surface area (Å²) < 4.78 is 5.45. The van der Waals surface area contributed by atoms with E-state index in [4.69, 9.17) is 4.74 Å². The predicted octanol–water partition coefficient (Wildman–Crippen LogP) is 5.59. The highest BCUT2D eigenvalue weighted by Crippen LogP contribution is 2.39. The molecule has 0 saturated heterocycles. The van der Waals surface area contributed by atoms with Crippen molar-refractivity contribution in [2.75, 3.05) is 17.2 Å². The first-order valence-electron chi connectivity index (χ1n) is 9.69. The first-order valence-corrected chi connectivity index (χ1v) is 11.4. The molecular formula is C22H22N2O3S2. The maximum Gasteiger partial charge on any atom is 0.266 e. The van der Waals surface area contributed by atoms with Crippen LogP contribution in [0.15, 0.2) is 41.8 Å². The Morgan fingerprint density at radius 1 is 1.03 bits per heavy atom. The third kappa shape index (κ3) is 4.36. The van der Waals surface area contributed by atoms with Crippen molar-refractivity contribution in [1.29, 1.82) is 0 Å². The molecule has 150 valence electrons. The van der Waals surface area contributed by atoms with E-state index in [-0.39, 0.29) is 11.8 Å². The van der Waals surface area contributed by atoms with Crippen molar-refractivity contribution in [1.82, 2.24) is 0 Å². The van der Waals surface area contributed by atoms with Crippen LogP contribution in [0, 0.1) is 0 Å². The Balaban J connectivity index is 1.59. The summed E-state index contributed by atoms with van der Waals surface area (Å²) in [4.78, 5) is 27.6. The van der Waals surface area contributed by atoms with Gasteiger partial charge in [-0.3, -0.25) is 9.59 Å². The molecule has 5 nitrogen and oxygen atoms in total. The number of nitrogens with one attached hydrogen (secondary N) is 2. The minimum Gasteiger partial charge on any atom is -0.494 e. The maximum absolute atomic E-state index is 13.2. The van der Waals surface area contributed by atoms with Gasteiger partial charge in [-0.05, 0) is 73.9 Å². The summed E-state index contributed by atoms with van der Waals surface area (Å²) in [6.07, 6.45) is 4.00. The van der Waals surface area contributed by atoms with Crippen LogP contribution in [-0.4, -0.2) is 18.4 Å². The number of anilines is 2. The van der Waals surface area contributed by atoms with Gasteiger partial charge in [0.2, 0.25) is 0 Å². The summed E-state index contributed by atoms with van der Waals surface area (Å²) in [7, 11) is 0. The molecule has 4 rings (SSSR count). The van der Waals surface area contributed by atoms with Gasteiger partial charge in [0.1, 0.15) is 10.8 Å². The lowest BCUT2D eigenvalue weighted by atomic mass is 9.95. The fraction of sp³-hybridized carbons (Fsp3) is 0.273. The van der Waals surface area contributed by atoms with Gasteiger partial charge < -0.3 is 15.4 Å². The van der Waals surface area contributed by atoms with Crippen LogP contribution < -0.4 is 15.4 Å². The van der Waals surface area contributed by atoms with Crippen LogP contribution >= 0.6 is 22.7 Å². The number of ether oxygens (including phenoxy) is 1. The van der Waals surface area contributed by atoms with E-state index >= 15 is 0 Å². The SMILES string of the molecule is CCOc1ccc(NC(=O)c2c(NC(=O)c3cccs3)sc3c2CCCC3)cc1. The van der Waals surface area contributed by atoms with Gasteiger partial charge in [-0.1, -0.05) is 6.07 Å². The third-order valence-corrected chi connectivity index (χ3v) is 6.87. The van der Waals surface area contributed by atoms with Crippen molar-refractivity contribution in [2.45, 2.75) is 32.6 Å². The summed E-state index contributed by atoms with van der Waals surface area (Å²) in [6, 6.07) is 11.0. The first-order chi connectivity index (χ1) is 14.2. The molecule has 0 spiro atoms. The van der Waals surface area contributed by atoms with Crippen molar-refractivity contribution in [3.63, 3.8) is 0 Å². The van der Waals surface area contributed by atoms with Crippen LogP contribution in [-0.2, 0) is 12.8 Å². The van der Waals surface area contributed by atoms with Gasteiger partial charge in [-0.25, -0.2) is 0 Å². The molecule has 3 aromatic rings. The third-order valence-electron chi connectivity index (χ3n) is 4.79. The number of benzene rings is 1. The molecule has 1 aliphatic rings. The van der Waals surface area contributed by atoms with E-state index in [1.807, 2.05) is 42.6 Å². The van der Waals surface area contributed by atoms with Gasteiger partial charge in [0.15, 0.2) is 0 Å². The van der Waals surface area contributed by atoms with Crippen molar-refractivity contribution in [3.8, 4) is 5.75 Å². The van der Waals surface area contributed by atoms with E-state index in [1.165, 1.54) is 27.6 Å². The Kier molecular flexibility index (Phi) is 5.97. The van der Waals surface area contributed by atoms with Crippen LogP contribution in [0.4, 0.5) is 10.7 Å². The normalized spacial score (nSPS) is 12.9. The number of thiophene rings is 2. The van der Waals surface area contributed by atoms with E-state index in [0.717, 1.165) is 37.0 Å². The van der Waals surface area contributed by atoms with Gasteiger partial charge in [0, 0.05) is 10.6 Å². The van der Waals surface area contributed by atoms with Gasteiger partial charge >= 0.3 is 0 Å². The summed E-state index contributed by atoms with van der Waals surface area (Å²) >= 11 is 2.91. The number of carbonyl (C=O) groups excluding carboxylic acids is 2. The fourth-order valence-electron chi connectivity index (χ4n) is 3.46. The van der Waals surface area contributed by atoms with E-state index in [0.29, 0.717) is 27.7 Å². The first kappa shape index (κ1) is 19.7. The van der Waals surface area contributed by atoms with Crippen LogP contribution in [0.25, 0.3) is 0 Å². The van der Waals surface area contributed by atoms with Crippen LogP contribution in [0.5, 0.6) is 5.75 Å². The quantitative estimate of drug-likeness (QED) is 0.540. The lowest BCUT2D eigenvalue weighted by molar-refractivity contribution is 0.102. The predicted molar refractivity (Wildman–Crippen MR) is 119 cm³/mol. The van der Waals surface area contributed by atoms with Crippen LogP contribution in [0.2, 0.25) is 0 Å². The van der Waals surface area contributed by atoms with Crippen molar-refractivity contribution in [3.05, 3.63) is 62.7 Å². The molecule has 0 saturated carbocycles. The molecule has 2 aromatic heterocycles. The largest absolute Gasteiger partial charge is 0.494 e. The van der Waals surface area contributed by atoms with E-state index < -0.39 is 0 Å². The zero-order valence-corrected chi connectivity index (χ0v) is 17.8. The van der Waals surface area contributed by atoms with Gasteiger partial charge in [-0.15, -0.1) is 22.7 Å². The summed E-state index contributed by atoms with van der Waals surface area (Å²) in [5.74, 6) is 0.408. The number of hydrogen-bond donors (Lipinski definition) is 2. The van der Waals surface area contributed by atoms with E-state index in [9.17, 15) is 9.59 Å². The van der Waals surface area contributed by atoms with Crippen molar-refractivity contribution < 1.29 is 14.3 Å². The minimum atomic E-state index is -0.185. The highest BCUT2D eigenvalue weighted by atomic mass is 32.1. The molecule has 29 heavy (non-hydrogen) atoms. The number of rotatable bonds is 6. The maximum atomic E-state index is 13.2. The number of aryl methyl sites for hydroxylation is 1. The second kappa shape index (κ2) is 8.80. The number of carbonyl (C=O) groups is 2. The molecule has 2 amide bonds. The molecule has 1 aliphatic carbocycles. The molecule has 0 radical (unpaired) electrons. The van der Waals surface area contributed by atoms with E-state index in [2.05, 4.69) is 10.6 Å².